The van der Waals surface area contributed by atoms with Gasteiger partial charge >= 0.3 is 0 Å². The predicted octanol–water partition coefficient (Wildman–Crippen LogP) is 2.68. The van der Waals surface area contributed by atoms with Crippen molar-refractivity contribution in [1.29, 1.82) is 0 Å². The SMILES string of the molecule is Nc1c(I)cnc(Cl)c1Br. The first kappa shape index (κ1) is 8.55. The van der Waals surface area contributed by atoms with Gasteiger partial charge in [0, 0.05) is 6.20 Å². The lowest BCUT2D eigenvalue weighted by Gasteiger charge is -2.00. The zero-order valence-corrected chi connectivity index (χ0v) is 9.24. The number of rotatable bonds is 0. The molecule has 0 unspecified atom stereocenters. The second kappa shape index (κ2) is 3.23. The van der Waals surface area contributed by atoms with Crippen LogP contribution in [0.5, 0.6) is 0 Å². The van der Waals surface area contributed by atoms with Crippen LogP contribution < -0.4 is 5.73 Å². The second-order valence-corrected chi connectivity index (χ2v) is 3.94. The Balaban J connectivity index is 3.34. The number of aromatic nitrogens is 1. The molecule has 0 saturated heterocycles. The van der Waals surface area contributed by atoms with Crippen LogP contribution >= 0.6 is 50.1 Å². The molecular formula is C5H3BrClIN2. The molecule has 0 radical (unpaired) electrons. The molecule has 0 atom stereocenters. The second-order valence-electron chi connectivity index (χ2n) is 1.62. The van der Waals surface area contributed by atoms with Gasteiger partial charge in [0.15, 0.2) is 0 Å². The Morgan fingerprint density at radius 2 is 2.30 bits per heavy atom. The summed E-state index contributed by atoms with van der Waals surface area (Å²) in [7, 11) is 0. The minimum absolute atomic E-state index is 0.401. The molecule has 0 fully saturated rings. The summed E-state index contributed by atoms with van der Waals surface area (Å²) in [6.45, 7) is 0. The zero-order chi connectivity index (χ0) is 7.72. The number of nitrogens with two attached hydrogens (primary N) is 1. The Hall–Kier alpha value is 0.450. The Labute approximate surface area is 85.4 Å². The van der Waals surface area contributed by atoms with E-state index in [2.05, 4.69) is 43.5 Å². The molecule has 54 valence electrons. The van der Waals surface area contributed by atoms with E-state index in [1.807, 2.05) is 0 Å². The highest BCUT2D eigenvalue weighted by Crippen LogP contribution is 2.29. The van der Waals surface area contributed by atoms with Crippen LogP contribution in [0.1, 0.15) is 0 Å². The molecule has 0 saturated carbocycles. The van der Waals surface area contributed by atoms with Crippen molar-refractivity contribution < 1.29 is 0 Å². The van der Waals surface area contributed by atoms with Gasteiger partial charge in [-0.1, -0.05) is 11.6 Å². The lowest BCUT2D eigenvalue weighted by molar-refractivity contribution is 1.29. The molecule has 1 aromatic rings. The van der Waals surface area contributed by atoms with Gasteiger partial charge in [-0.05, 0) is 38.5 Å². The molecule has 2 N–H and O–H groups in total. The average molecular weight is 333 g/mol. The van der Waals surface area contributed by atoms with Gasteiger partial charge in [-0.3, -0.25) is 0 Å². The van der Waals surface area contributed by atoms with Crippen LogP contribution in [0.2, 0.25) is 5.15 Å². The number of hydrogen-bond donors (Lipinski definition) is 1. The van der Waals surface area contributed by atoms with Gasteiger partial charge in [0.05, 0.1) is 13.7 Å². The number of nitrogens with zero attached hydrogens (tertiary/aromatic N) is 1. The van der Waals surface area contributed by atoms with Crippen LogP contribution in [0, 0.1) is 3.57 Å². The molecule has 0 bridgehead atoms. The summed E-state index contributed by atoms with van der Waals surface area (Å²) in [4.78, 5) is 3.87. The van der Waals surface area contributed by atoms with Crippen molar-refractivity contribution in [1.82, 2.24) is 4.98 Å². The van der Waals surface area contributed by atoms with Crippen LogP contribution in [0.15, 0.2) is 10.7 Å². The first-order valence-corrected chi connectivity index (χ1v) is 4.63. The predicted molar refractivity (Wildman–Crippen MR) is 54.1 cm³/mol. The molecule has 5 heteroatoms. The van der Waals surface area contributed by atoms with Crippen molar-refractivity contribution >= 4 is 55.8 Å². The zero-order valence-electron chi connectivity index (χ0n) is 4.74. The minimum Gasteiger partial charge on any atom is -0.397 e. The van der Waals surface area contributed by atoms with Crippen molar-refractivity contribution in [3.8, 4) is 0 Å². The summed E-state index contributed by atoms with van der Waals surface area (Å²) in [5.74, 6) is 0. The van der Waals surface area contributed by atoms with Gasteiger partial charge in [-0.2, -0.15) is 0 Å². The maximum absolute atomic E-state index is 5.64. The lowest BCUT2D eigenvalue weighted by Crippen LogP contribution is -1.92. The van der Waals surface area contributed by atoms with Crippen molar-refractivity contribution in [2.45, 2.75) is 0 Å². The fourth-order valence-electron chi connectivity index (χ4n) is 0.456. The molecule has 1 heterocycles. The van der Waals surface area contributed by atoms with E-state index in [-0.39, 0.29) is 0 Å². The molecule has 0 aliphatic rings. The van der Waals surface area contributed by atoms with Crippen molar-refractivity contribution in [2.24, 2.45) is 0 Å². The summed E-state index contributed by atoms with van der Waals surface area (Å²) in [5, 5.41) is 0.401. The number of hydrogen-bond acceptors (Lipinski definition) is 2. The van der Waals surface area contributed by atoms with E-state index in [0.29, 0.717) is 15.3 Å². The molecule has 0 aliphatic carbocycles. The molecule has 0 amide bonds. The number of halogens is 3. The van der Waals surface area contributed by atoms with E-state index in [9.17, 15) is 0 Å². The molecule has 10 heavy (non-hydrogen) atoms. The van der Waals surface area contributed by atoms with Crippen LogP contribution in [0.3, 0.4) is 0 Å². The van der Waals surface area contributed by atoms with Gasteiger partial charge in [-0.15, -0.1) is 0 Å². The third-order valence-corrected chi connectivity index (χ3v) is 3.14. The van der Waals surface area contributed by atoms with E-state index < -0.39 is 0 Å². The summed E-state index contributed by atoms with van der Waals surface area (Å²) < 4.78 is 1.56. The topological polar surface area (TPSA) is 38.9 Å². The highest BCUT2D eigenvalue weighted by atomic mass is 127. The van der Waals surface area contributed by atoms with Crippen LogP contribution in [0.4, 0.5) is 5.69 Å². The molecular weight excluding hydrogens is 330 g/mol. The van der Waals surface area contributed by atoms with Crippen molar-refractivity contribution in [3.05, 3.63) is 19.4 Å². The minimum atomic E-state index is 0.401. The number of anilines is 1. The van der Waals surface area contributed by atoms with Gasteiger partial charge in [0.25, 0.3) is 0 Å². The molecule has 0 aromatic carbocycles. The van der Waals surface area contributed by atoms with Gasteiger partial charge in [-0.25, -0.2) is 4.98 Å². The first-order valence-electron chi connectivity index (χ1n) is 2.38. The smallest absolute Gasteiger partial charge is 0.145 e. The van der Waals surface area contributed by atoms with Crippen molar-refractivity contribution in [3.63, 3.8) is 0 Å². The molecule has 0 spiro atoms. The summed E-state index contributed by atoms with van der Waals surface area (Å²) in [5.41, 5.74) is 6.24. The third kappa shape index (κ3) is 1.54. The molecule has 1 rings (SSSR count). The maximum Gasteiger partial charge on any atom is 0.145 e. The van der Waals surface area contributed by atoms with Crippen LogP contribution in [-0.2, 0) is 0 Å². The van der Waals surface area contributed by atoms with E-state index >= 15 is 0 Å². The quantitative estimate of drug-likeness (QED) is 0.586. The Bertz CT molecular complexity index is 239. The van der Waals surface area contributed by atoms with E-state index in [1.165, 1.54) is 0 Å². The maximum atomic E-state index is 5.64. The number of nitrogen functional groups attached to an aromatic ring is 1. The van der Waals surface area contributed by atoms with Crippen molar-refractivity contribution in [2.75, 3.05) is 5.73 Å². The molecule has 0 aliphatic heterocycles. The highest BCUT2D eigenvalue weighted by Gasteiger charge is 2.04. The Morgan fingerprint density at radius 1 is 1.70 bits per heavy atom. The van der Waals surface area contributed by atoms with E-state index in [1.54, 1.807) is 6.20 Å². The Kier molecular flexibility index (Phi) is 2.76. The Morgan fingerprint density at radius 3 is 2.80 bits per heavy atom. The van der Waals surface area contributed by atoms with E-state index in [0.717, 1.165) is 3.57 Å². The summed E-state index contributed by atoms with van der Waals surface area (Å²) in [6.07, 6.45) is 1.63. The lowest BCUT2D eigenvalue weighted by atomic mass is 10.4. The molecule has 1 aromatic heterocycles. The largest absolute Gasteiger partial charge is 0.397 e. The normalized spacial score (nSPS) is 9.90. The summed E-state index contributed by atoms with van der Waals surface area (Å²) >= 11 is 10.9. The fourth-order valence-corrected chi connectivity index (χ4v) is 1.70. The van der Waals surface area contributed by atoms with Gasteiger partial charge in [0.2, 0.25) is 0 Å². The monoisotopic (exact) mass is 332 g/mol. The summed E-state index contributed by atoms with van der Waals surface area (Å²) in [6, 6.07) is 0. The standard InChI is InChI=1S/C5H3BrClIN2/c6-3-4(9)2(8)1-10-5(3)7/h1H,(H2,9,10). The molecule has 2 nitrogen and oxygen atoms in total. The third-order valence-electron chi connectivity index (χ3n) is 0.966. The highest BCUT2D eigenvalue weighted by molar-refractivity contribution is 14.1. The first-order chi connectivity index (χ1) is 4.63. The fraction of sp³-hybridized carbons (Fsp3) is 0. The van der Waals surface area contributed by atoms with Crippen LogP contribution in [-0.4, -0.2) is 4.98 Å². The van der Waals surface area contributed by atoms with Gasteiger partial charge in [0.1, 0.15) is 5.15 Å². The van der Waals surface area contributed by atoms with Crippen LogP contribution in [0.25, 0.3) is 0 Å². The van der Waals surface area contributed by atoms with Gasteiger partial charge < -0.3 is 5.73 Å². The van der Waals surface area contributed by atoms with E-state index in [4.69, 9.17) is 17.3 Å². The average Bonchev–Trinajstić information content (AvgIpc) is 1.93. The number of pyridine rings is 1.